The third-order valence-electron chi connectivity index (χ3n) is 5.60. The summed E-state index contributed by atoms with van der Waals surface area (Å²) in [4.78, 5) is 27.2. The Morgan fingerprint density at radius 2 is 1.82 bits per heavy atom. The molecule has 1 saturated carbocycles. The summed E-state index contributed by atoms with van der Waals surface area (Å²) in [7, 11) is 0. The number of ether oxygens (including phenoxy) is 2. The number of nitrogens with two attached hydrogens (primary N) is 1. The fourth-order valence-electron chi connectivity index (χ4n) is 3.87. The number of hydrogen-bond acceptors (Lipinski definition) is 5. The van der Waals surface area contributed by atoms with E-state index < -0.39 is 6.04 Å². The lowest BCUT2D eigenvalue weighted by molar-refractivity contribution is -0.143. The number of hydrogen-bond donors (Lipinski definition) is 2. The van der Waals surface area contributed by atoms with Gasteiger partial charge in [-0.15, -0.1) is 0 Å². The molecule has 2 amide bonds. The van der Waals surface area contributed by atoms with Crippen molar-refractivity contribution in [3.05, 3.63) is 0 Å². The Bertz CT molecular complexity index is 494. The molecule has 0 bridgehead atoms. The minimum atomic E-state index is -0.671. The van der Waals surface area contributed by atoms with Gasteiger partial charge in [0, 0.05) is 25.6 Å². The maximum atomic E-state index is 12.9. The van der Waals surface area contributed by atoms with Crippen molar-refractivity contribution in [1.29, 1.82) is 0 Å². The molecular weight excluding hydrogens is 358 g/mol. The molecule has 3 N–H and O–H groups in total. The first-order valence-corrected chi connectivity index (χ1v) is 10.8. The van der Waals surface area contributed by atoms with E-state index >= 15 is 0 Å². The van der Waals surface area contributed by atoms with E-state index in [-0.39, 0.29) is 30.1 Å². The van der Waals surface area contributed by atoms with Crippen molar-refractivity contribution >= 4 is 11.8 Å². The van der Waals surface area contributed by atoms with Crippen LogP contribution < -0.4 is 11.1 Å². The highest BCUT2D eigenvalue weighted by Gasteiger charge is 2.29. The minimum Gasteiger partial charge on any atom is -0.378 e. The molecule has 0 aromatic rings. The smallest absolute Gasteiger partial charge is 0.247 e. The monoisotopic (exact) mass is 397 g/mol. The van der Waals surface area contributed by atoms with Crippen LogP contribution in [0.2, 0.25) is 0 Å². The zero-order valence-electron chi connectivity index (χ0n) is 17.9. The van der Waals surface area contributed by atoms with Crippen LogP contribution in [0, 0.1) is 5.92 Å². The van der Waals surface area contributed by atoms with Crippen LogP contribution in [0.4, 0.5) is 0 Å². The fraction of sp³-hybridized carbons (Fsp3) is 0.905. The second kappa shape index (κ2) is 11.1. The van der Waals surface area contributed by atoms with Gasteiger partial charge in [0.05, 0.1) is 25.4 Å². The number of nitrogens with one attached hydrogen (secondary N) is 1. The molecule has 0 aromatic carbocycles. The van der Waals surface area contributed by atoms with Crippen LogP contribution >= 0.6 is 0 Å². The molecule has 2 rings (SSSR count). The van der Waals surface area contributed by atoms with Gasteiger partial charge in [0.25, 0.3) is 0 Å². The molecule has 1 saturated heterocycles. The molecule has 162 valence electrons. The van der Waals surface area contributed by atoms with Gasteiger partial charge in [-0.2, -0.15) is 0 Å². The first kappa shape index (κ1) is 23.1. The minimum absolute atomic E-state index is 0.0604. The van der Waals surface area contributed by atoms with Gasteiger partial charge in [-0.25, -0.2) is 0 Å². The number of nitrogens with zero attached hydrogens (tertiary/aromatic N) is 1. The molecule has 7 nitrogen and oxygen atoms in total. The molecule has 2 aliphatic rings. The zero-order valence-corrected chi connectivity index (χ0v) is 17.9. The van der Waals surface area contributed by atoms with E-state index in [4.69, 9.17) is 15.2 Å². The highest BCUT2D eigenvalue weighted by Crippen LogP contribution is 2.27. The van der Waals surface area contributed by atoms with E-state index in [1.807, 2.05) is 20.8 Å². The Morgan fingerprint density at radius 1 is 1.18 bits per heavy atom. The summed E-state index contributed by atoms with van der Waals surface area (Å²) in [5.74, 6) is 0.296. The van der Waals surface area contributed by atoms with Crippen molar-refractivity contribution in [2.75, 3.05) is 32.9 Å². The van der Waals surface area contributed by atoms with Crippen LogP contribution in [-0.4, -0.2) is 67.3 Å². The maximum Gasteiger partial charge on any atom is 0.247 e. The standard InChI is InChI=1S/C21H39N3O4/c1-21(2,3)28-15-18(20(26)24-11-13-27-14-12-24)23-19(25)10-9-17(22)16-7-5-4-6-8-16/h16-18H,4-15,22H2,1-3H3,(H,23,25). The van der Waals surface area contributed by atoms with Crippen LogP contribution in [0.15, 0.2) is 0 Å². The predicted molar refractivity (Wildman–Crippen MR) is 109 cm³/mol. The molecule has 2 atom stereocenters. The lowest BCUT2D eigenvalue weighted by Gasteiger charge is -2.32. The largest absolute Gasteiger partial charge is 0.378 e. The van der Waals surface area contributed by atoms with Crippen LogP contribution in [0.3, 0.4) is 0 Å². The van der Waals surface area contributed by atoms with Crippen LogP contribution in [0.1, 0.15) is 65.7 Å². The highest BCUT2D eigenvalue weighted by atomic mass is 16.5. The van der Waals surface area contributed by atoms with E-state index in [1.165, 1.54) is 32.1 Å². The van der Waals surface area contributed by atoms with E-state index in [0.29, 0.717) is 45.1 Å². The van der Waals surface area contributed by atoms with Gasteiger partial charge >= 0.3 is 0 Å². The Labute approximate surface area is 169 Å². The Hall–Kier alpha value is -1.18. The van der Waals surface area contributed by atoms with E-state index in [2.05, 4.69) is 5.32 Å². The second-order valence-corrected chi connectivity index (χ2v) is 9.08. The lowest BCUT2D eigenvalue weighted by Crippen LogP contribution is -2.54. The molecule has 1 aliphatic heterocycles. The van der Waals surface area contributed by atoms with Gasteiger partial charge in [-0.05, 0) is 46.0 Å². The molecule has 7 heteroatoms. The Kier molecular flexibility index (Phi) is 9.18. The van der Waals surface area contributed by atoms with E-state index in [1.54, 1.807) is 4.90 Å². The topological polar surface area (TPSA) is 93.9 Å². The third kappa shape index (κ3) is 8.05. The maximum absolute atomic E-state index is 12.9. The quantitative estimate of drug-likeness (QED) is 0.652. The summed E-state index contributed by atoms with van der Waals surface area (Å²) >= 11 is 0. The third-order valence-corrected chi connectivity index (χ3v) is 5.60. The molecule has 2 fully saturated rings. The number of carbonyl (C=O) groups excluding carboxylic acids is 2. The Morgan fingerprint density at radius 3 is 2.43 bits per heavy atom. The van der Waals surface area contributed by atoms with Crippen LogP contribution in [0.5, 0.6) is 0 Å². The van der Waals surface area contributed by atoms with E-state index in [0.717, 1.165) is 0 Å². The van der Waals surface area contributed by atoms with Crippen molar-refractivity contribution in [1.82, 2.24) is 10.2 Å². The summed E-state index contributed by atoms with van der Waals surface area (Å²) in [5.41, 5.74) is 5.95. The van der Waals surface area contributed by atoms with Crippen LogP contribution in [-0.2, 0) is 19.1 Å². The van der Waals surface area contributed by atoms with Gasteiger partial charge in [0.2, 0.25) is 11.8 Å². The lowest BCUT2D eigenvalue weighted by atomic mass is 9.82. The van der Waals surface area contributed by atoms with E-state index in [9.17, 15) is 9.59 Å². The zero-order chi connectivity index (χ0) is 20.6. The molecule has 0 aromatic heterocycles. The number of amides is 2. The average molecular weight is 398 g/mol. The van der Waals surface area contributed by atoms with Crippen molar-refractivity contribution < 1.29 is 19.1 Å². The molecule has 0 radical (unpaired) electrons. The summed E-state index contributed by atoms with van der Waals surface area (Å²) in [6, 6.07) is -0.610. The molecular formula is C21H39N3O4. The normalized spacial score (nSPS) is 21.2. The summed E-state index contributed by atoms with van der Waals surface area (Å²) < 4.78 is 11.1. The average Bonchev–Trinajstić information content (AvgIpc) is 2.69. The summed E-state index contributed by atoms with van der Waals surface area (Å²) in [6.07, 6.45) is 7.12. The van der Waals surface area contributed by atoms with Gasteiger partial charge in [0.15, 0.2) is 0 Å². The second-order valence-electron chi connectivity index (χ2n) is 9.08. The molecule has 28 heavy (non-hydrogen) atoms. The molecule has 1 heterocycles. The molecule has 1 aliphatic carbocycles. The SMILES string of the molecule is CC(C)(C)OCC(NC(=O)CCC(N)C1CCCCC1)C(=O)N1CCOCC1. The molecule has 0 spiro atoms. The van der Waals surface area contributed by atoms with Crippen molar-refractivity contribution in [2.24, 2.45) is 11.7 Å². The number of carbonyl (C=O) groups is 2. The van der Waals surface area contributed by atoms with Gasteiger partial charge in [0.1, 0.15) is 6.04 Å². The van der Waals surface area contributed by atoms with Gasteiger partial charge < -0.3 is 25.4 Å². The fourth-order valence-corrected chi connectivity index (χ4v) is 3.87. The van der Waals surface area contributed by atoms with Crippen molar-refractivity contribution in [3.63, 3.8) is 0 Å². The first-order chi connectivity index (χ1) is 13.3. The van der Waals surface area contributed by atoms with Crippen molar-refractivity contribution in [3.8, 4) is 0 Å². The molecule has 2 unspecified atom stereocenters. The first-order valence-electron chi connectivity index (χ1n) is 10.8. The number of morpholine rings is 1. The number of rotatable bonds is 8. The van der Waals surface area contributed by atoms with Crippen molar-refractivity contribution in [2.45, 2.75) is 83.4 Å². The summed E-state index contributed by atoms with van der Waals surface area (Å²) in [5, 5.41) is 2.89. The van der Waals surface area contributed by atoms with Gasteiger partial charge in [-0.1, -0.05) is 19.3 Å². The highest BCUT2D eigenvalue weighted by molar-refractivity contribution is 5.87. The van der Waals surface area contributed by atoms with Gasteiger partial charge in [-0.3, -0.25) is 9.59 Å². The predicted octanol–water partition coefficient (Wildman–Crippen LogP) is 1.83. The van der Waals surface area contributed by atoms with Crippen LogP contribution in [0.25, 0.3) is 0 Å². The summed E-state index contributed by atoms with van der Waals surface area (Å²) in [6.45, 7) is 8.14. The Balaban J connectivity index is 1.86.